The van der Waals surface area contributed by atoms with Crippen LogP contribution in [0.3, 0.4) is 0 Å². The van der Waals surface area contributed by atoms with Gasteiger partial charge in [0.15, 0.2) is 0 Å². The van der Waals surface area contributed by atoms with E-state index in [0.717, 1.165) is 49.2 Å². The van der Waals surface area contributed by atoms with Crippen LogP contribution in [0.25, 0.3) is 11.1 Å². The molecule has 138 valence electrons. The number of carbonyl (C=O) groups is 1. The molecule has 2 aliphatic heterocycles. The van der Waals surface area contributed by atoms with Gasteiger partial charge in [-0.1, -0.05) is 30.3 Å². The van der Waals surface area contributed by atoms with Crippen LogP contribution >= 0.6 is 0 Å². The summed E-state index contributed by atoms with van der Waals surface area (Å²) in [6.45, 7) is 3.60. The summed E-state index contributed by atoms with van der Waals surface area (Å²) in [5.74, 6) is 0.342. The van der Waals surface area contributed by atoms with Crippen LogP contribution in [-0.2, 0) is 0 Å². The van der Waals surface area contributed by atoms with Gasteiger partial charge < -0.3 is 4.90 Å². The standard InChI is InChI=1S/C23H23FN2O/c1-16-2-11-22(25-16)19-12-14-26(15-13-19)23(27)20-5-3-17(4-6-20)18-7-9-21(24)10-8-18/h2-10,19H,11-15H2,1H3. The van der Waals surface area contributed by atoms with E-state index in [4.69, 9.17) is 0 Å². The molecule has 0 atom stereocenters. The maximum Gasteiger partial charge on any atom is 0.253 e. The second-order valence-electron chi connectivity index (χ2n) is 7.30. The highest BCUT2D eigenvalue weighted by atomic mass is 19.1. The third-order valence-electron chi connectivity index (χ3n) is 5.49. The number of amides is 1. The number of aliphatic imine (C=N–C) groups is 1. The first-order valence-corrected chi connectivity index (χ1v) is 9.49. The van der Waals surface area contributed by atoms with E-state index < -0.39 is 0 Å². The van der Waals surface area contributed by atoms with Gasteiger partial charge >= 0.3 is 0 Å². The van der Waals surface area contributed by atoms with Crippen molar-refractivity contribution < 1.29 is 9.18 Å². The van der Waals surface area contributed by atoms with Gasteiger partial charge in [-0.3, -0.25) is 9.79 Å². The van der Waals surface area contributed by atoms with E-state index in [1.54, 1.807) is 12.1 Å². The van der Waals surface area contributed by atoms with Crippen molar-refractivity contribution in [3.8, 4) is 11.1 Å². The van der Waals surface area contributed by atoms with E-state index in [0.29, 0.717) is 11.5 Å². The number of piperidine rings is 1. The Hall–Kier alpha value is -2.75. The summed E-state index contributed by atoms with van der Waals surface area (Å²) in [7, 11) is 0. The number of likely N-dealkylation sites (tertiary alicyclic amines) is 1. The van der Waals surface area contributed by atoms with Crippen LogP contribution in [0.2, 0.25) is 0 Å². The van der Waals surface area contributed by atoms with Crippen LogP contribution in [0, 0.1) is 11.7 Å². The molecule has 0 bridgehead atoms. The van der Waals surface area contributed by atoms with Crippen molar-refractivity contribution >= 4 is 11.6 Å². The van der Waals surface area contributed by atoms with Gasteiger partial charge in [-0.25, -0.2) is 4.39 Å². The van der Waals surface area contributed by atoms with Gasteiger partial charge in [0.1, 0.15) is 5.82 Å². The van der Waals surface area contributed by atoms with E-state index in [1.807, 2.05) is 36.1 Å². The molecule has 2 aliphatic rings. The largest absolute Gasteiger partial charge is 0.339 e. The van der Waals surface area contributed by atoms with E-state index in [9.17, 15) is 9.18 Å². The third-order valence-corrected chi connectivity index (χ3v) is 5.49. The lowest BCUT2D eigenvalue weighted by atomic mass is 9.90. The molecule has 2 aromatic rings. The third kappa shape index (κ3) is 3.85. The molecule has 4 heteroatoms. The van der Waals surface area contributed by atoms with Gasteiger partial charge in [-0.05, 0) is 55.2 Å². The summed E-state index contributed by atoms with van der Waals surface area (Å²) in [5, 5.41) is 0. The molecule has 1 amide bonds. The molecule has 4 rings (SSSR count). The Bertz CT molecular complexity index is 889. The SMILES string of the molecule is CC1=CCC(C2CCN(C(=O)c3ccc(-c4ccc(F)cc4)cc3)CC2)=N1. The van der Waals surface area contributed by atoms with Gasteiger partial charge in [0, 0.05) is 42.4 Å². The minimum Gasteiger partial charge on any atom is -0.339 e. The Labute approximate surface area is 159 Å². The number of allylic oxidation sites excluding steroid dienone is 2. The summed E-state index contributed by atoms with van der Waals surface area (Å²) in [4.78, 5) is 19.4. The van der Waals surface area contributed by atoms with Crippen molar-refractivity contribution in [2.75, 3.05) is 13.1 Å². The number of halogens is 1. The molecule has 3 nitrogen and oxygen atoms in total. The molecular weight excluding hydrogens is 339 g/mol. The molecule has 0 aliphatic carbocycles. The fourth-order valence-electron chi connectivity index (χ4n) is 3.87. The summed E-state index contributed by atoms with van der Waals surface area (Å²) in [6.07, 6.45) is 5.11. The average molecular weight is 362 g/mol. The average Bonchev–Trinajstić information content (AvgIpc) is 3.15. The van der Waals surface area contributed by atoms with Crippen molar-refractivity contribution in [2.24, 2.45) is 10.9 Å². The zero-order valence-corrected chi connectivity index (χ0v) is 15.5. The highest BCUT2D eigenvalue weighted by Crippen LogP contribution is 2.26. The number of hydrogen-bond acceptors (Lipinski definition) is 2. The lowest BCUT2D eigenvalue weighted by Gasteiger charge is -2.32. The van der Waals surface area contributed by atoms with Crippen LogP contribution in [0.5, 0.6) is 0 Å². The number of hydrogen-bond donors (Lipinski definition) is 0. The summed E-state index contributed by atoms with van der Waals surface area (Å²) in [6, 6.07) is 14.0. The number of carbonyl (C=O) groups excluding carboxylic acids is 1. The molecule has 1 saturated heterocycles. The van der Waals surface area contributed by atoms with Crippen LogP contribution in [0.15, 0.2) is 65.3 Å². The smallest absolute Gasteiger partial charge is 0.253 e. The monoisotopic (exact) mass is 362 g/mol. The molecule has 2 heterocycles. The van der Waals surface area contributed by atoms with E-state index in [-0.39, 0.29) is 11.7 Å². The van der Waals surface area contributed by atoms with Gasteiger partial charge in [0.25, 0.3) is 5.91 Å². The van der Waals surface area contributed by atoms with Crippen LogP contribution < -0.4 is 0 Å². The van der Waals surface area contributed by atoms with Crippen LogP contribution in [-0.4, -0.2) is 29.6 Å². The first-order chi connectivity index (χ1) is 13.1. The first-order valence-electron chi connectivity index (χ1n) is 9.49. The van der Waals surface area contributed by atoms with Crippen LogP contribution in [0.4, 0.5) is 4.39 Å². The quantitative estimate of drug-likeness (QED) is 0.748. The van der Waals surface area contributed by atoms with Gasteiger partial charge in [-0.15, -0.1) is 0 Å². The van der Waals surface area contributed by atoms with E-state index in [1.165, 1.54) is 17.8 Å². The second kappa shape index (κ2) is 7.47. The normalized spacial score (nSPS) is 17.6. The molecule has 0 spiro atoms. The Morgan fingerprint density at radius 1 is 1.00 bits per heavy atom. The van der Waals surface area contributed by atoms with Crippen molar-refractivity contribution in [2.45, 2.75) is 26.2 Å². The van der Waals surface area contributed by atoms with Gasteiger partial charge in [-0.2, -0.15) is 0 Å². The summed E-state index contributed by atoms with van der Waals surface area (Å²) in [5.41, 5.74) is 5.02. The topological polar surface area (TPSA) is 32.7 Å². The molecule has 0 unspecified atom stereocenters. The van der Waals surface area contributed by atoms with Gasteiger partial charge in [0.05, 0.1) is 0 Å². The van der Waals surface area contributed by atoms with Crippen molar-refractivity contribution in [3.05, 3.63) is 71.7 Å². The fraction of sp³-hybridized carbons (Fsp3) is 0.304. The molecule has 0 radical (unpaired) electrons. The fourth-order valence-corrected chi connectivity index (χ4v) is 3.87. The second-order valence-corrected chi connectivity index (χ2v) is 7.30. The number of nitrogens with zero attached hydrogens (tertiary/aromatic N) is 2. The lowest BCUT2D eigenvalue weighted by Crippen LogP contribution is -2.40. The van der Waals surface area contributed by atoms with Crippen molar-refractivity contribution in [3.63, 3.8) is 0 Å². The lowest BCUT2D eigenvalue weighted by molar-refractivity contribution is 0.0710. The minimum atomic E-state index is -0.247. The highest BCUT2D eigenvalue weighted by Gasteiger charge is 2.27. The predicted molar refractivity (Wildman–Crippen MR) is 106 cm³/mol. The van der Waals surface area contributed by atoms with Crippen LogP contribution in [0.1, 0.15) is 36.5 Å². The molecule has 0 saturated carbocycles. The van der Waals surface area contributed by atoms with Crippen molar-refractivity contribution in [1.29, 1.82) is 0 Å². The molecule has 1 fully saturated rings. The first kappa shape index (κ1) is 17.7. The molecule has 0 aromatic heterocycles. The van der Waals surface area contributed by atoms with E-state index in [2.05, 4.69) is 11.1 Å². The molecular formula is C23H23FN2O. The van der Waals surface area contributed by atoms with E-state index >= 15 is 0 Å². The van der Waals surface area contributed by atoms with Crippen molar-refractivity contribution in [1.82, 2.24) is 4.90 Å². The Kier molecular flexibility index (Phi) is 4.88. The summed E-state index contributed by atoms with van der Waals surface area (Å²) < 4.78 is 13.1. The zero-order valence-electron chi connectivity index (χ0n) is 15.5. The minimum absolute atomic E-state index is 0.0850. The number of benzene rings is 2. The Balaban J connectivity index is 1.39. The maximum atomic E-state index is 13.1. The molecule has 2 aromatic carbocycles. The Morgan fingerprint density at radius 3 is 2.15 bits per heavy atom. The maximum absolute atomic E-state index is 13.1. The molecule has 0 N–H and O–H groups in total. The zero-order chi connectivity index (χ0) is 18.8. The predicted octanol–water partition coefficient (Wildman–Crippen LogP) is 5.09. The van der Waals surface area contributed by atoms with Gasteiger partial charge in [0.2, 0.25) is 0 Å². The summed E-state index contributed by atoms with van der Waals surface area (Å²) >= 11 is 0. The number of rotatable bonds is 3. The Morgan fingerprint density at radius 2 is 1.59 bits per heavy atom. The molecule has 27 heavy (non-hydrogen) atoms. The highest BCUT2D eigenvalue weighted by molar-refractivity contribution is 5.95.